The molecule has 0 nitrogen and oxygen atoms in total. The maximum atomic E-state index is 3.80. The van der Waals surface area contributed by atoms with Gasteiger partial charge in [-0.25, -0.2) is 0 Å². The molecular weight excluding hydrogens is 380 g/mol. The lowest BCUT2D eigenvalue weighted by Gasteiger charge is -2.06. The molecule has 0 aliphatic heterocycles. The average Bonchev–Trinajstić information content (AvgIpc) is 2.98. The summed E-state index contributed by atoms with van der Waals surface area (Å²) < 4.78 is 2.50. The lowest BCUT2D eigenvalue weighted by Crippen LogP contribution is -1.86. The Morgan fingerprint density at radius 3 is 2.71 bits per heavy atom. The summed E-state index contributed by atoms with van der Waals surface area (Å²) in [6, 6.07) is 10.6. The van der Waals surface area contributed by atoms with E-state index >= 15 is 0 Å². The van der Waals surface area contributed by atoms with Crippen molar-refractivity contribution in [3.05, 3.63) is 56.0 Å². The number of halogens is 2. The van der Waals surface area contributed by atoms with Gasteiger partial charge in [0.15, 0.2) is 0 Å². The molecule has 2 heterocycles. The summed E-state index contributed by atoms with van der Waals surface area (Å²) in [4.78, 5) is 1.65. The Kier molecular flexibility index (Phi) is 3.39. The van der Waals surface area contributed by atoms with Crippen molar-refractivity contribution in [1.82, 2.24) is 0 Å². The van der Waals surface area contributed by atoms with Crippen molar-refractivity contribution in [2.75, 3.05) is 0 Å². The van der Waals surface area contributed by atoms with Crippen LogP contribution in [-0.2, 0) is 0 Å². The highest BCUT2D eigenvalue weighted by Crippen LogP contribution is 2.41. The molecule has 0 aliphatic carbocycles. The number of hydrogen-bond acceptors (Lipinski definition) is 2. The van der Waals surface area contributed by atoms with Crippen LogP contribution in [0.15, 0.2) is 45.6 Å². The van der Waals surface area contributed by atoms with Crippen molar-refractivity contribution < 1.29 is 0 Å². The minimum Gasteiger partial charge on any atom is -0.147 e. The van der Waals surface area contributed by atoms with E-state index in [2.05, 4.69) is 73.0 Å². The number of hydrogen-bond donors (Lipinski definition) is 0. The summed E-state index contributed by atoms with van der Waals surface area (Å²) >= 11 is 11.0. The lowest BCUT2D eigenvalue weighted by molar-refractivity contribution is 1.27. The van der Waals surface area contributed by atoms with E-state index in [1.54, 1.807) is 22.7 Å². The first-order valence-corrected chi connectivity index (χ1v) is 8.57. The van der Waals surface area contributed by atoms with Crippen molar-refractivity contribution in [3.8, 4) is 0 Å². The molecule has 0 spiro atoms. The minimum absolute atomic E-state index is 0.297. The topological polar surface area (TPSA) is 0 Å². The van der Waals surface area contributed by atoms with Crippen LogP contribution in [0.4, 0.5) is 0 Å². The molecule has 0 radical (unpaired) electrons. The van der Waals surface area contributed by atoms with Gasteiger partial charge in [-0.05, 0) is 49.8 Å². The molecule has 0 aliphatic rings. The second-order valence-corrected chi connectivity index (χ2v) is 7.31. The number of fused-ring (bicyclic) bond motifs is 1. The first-order valence-electron chi connectivity index (χ1n) is 5.10. The van der Waals surface area contributed by atoms with E-state index in [1.807, 2.05) is 0 Å². The molecule has 0 saturated heterocycles. The smallest absolute Gasteiger partial charge is 0.0752 e. The van der Waals surface area contributed by atoms with Crippen LogP contribution >= 0.6 is 54.5 Å². The van der Waals surface area contributed by atoms with Gasteiger partial charge < -0.3 is 0 Å². The molecule has 1 unspecified atom stereocenters. The highest BCUT2D eigenvalue weighted by Gasteiger charge is 2.16. The second-order valence-electron chi connectivity index (χ2n) is 3.69. The lowest BCUT2D eigenvalue weighted by atomic mass is 10.1. The summed E-state index contributed by atoms with van der Waals surface area (Å²) in [5, 5.41) is 5.70. The highest BCUT2D eigenvalue weighted by atomic mass is 79.9. The van der Waals surface area contributed by atoms with E-state index in [9.17, 15) is 0 Å². The van der Waals surface area contributed by atoms with Gasteiger partial charge in [0.05, 0.1) is 4.83 Å². The van der Waals surface area contributed by atoms with Gasteiger partial charge in [-0.1, -0.05) is 34.1 Å². The largest absolute Gasteiger partial charge is 0.147 e. The molecule has 0 fully saturated rings. The second kappa shape index (κ2) is 4.84. The number of benzene rings is 1. The quantitative estimate of drug-likeness (QED) is 0.458. The number of rotatable bonds is 2. The summed E-state index contributed by atoms with van der Waals surface area (Å²) in [7, 11) is 0. The van der Waals surface area contributed by atoms with Gasteiger partial charge in [-0.15, -0.1) is 22.7 Å². The first kappa shape index (κ1) is 11.9. The van der Waals surface area contributed by atoms with Crippen LogP contribution in [-0.4, -0.2) is 0 Å². The average molecular weight is 388 g/mol. The van der Waals surface area contributed by atoms with Crippen LogP contribution in [0.2, 0.25) is 0 Å². The first-order chi connectivity index (χ1) is 8.27. The third-order valence-corrected chi connectivity index (χ3v) is 6.85. The van der Waals surface area contributed by atoms with E-state index in [1.165, 1.54) is 25.0 Å². The number of alkyl halides is 1. The fraction of sp³-hybridized carbons (Fsp3) is 0.0769. The highest BCUT2D eigenvalue weighted by molar-refractivity contribution is 9.10. The van der Waals surface area contributed by atoms with Crippen LogP contribution in [0, 0.1) is 0 Å². The van der Waals surface area contributed by atoms with Gasteiger partial charge in [0.1, 0.15) is 0 Å². The predicted octanol–water partition coefficient (Wildman–Crippen LogP) is 6.21. The van der Waals surface area contributed by atoms with Crippen LogP contribution in [0.1, 0.15) is 15.3 Å². The molecule has 1 aromatic carbocycles. The molecule has 86 valence electrons. The molecule has 0 amide bonds. The molecule has 0 N–H and O–H groups in total. The Bertz CT molecular complexity index is 641. The van der Waals surface area contributed by atoms with Gasteiger partial charge >= 0.3 is 0 Å². The van der Waals surface area contributed by atoms with Gasteiger partial charge in [-0.2, -0.15) is 0 Å². The Hall–Kier alpha value is -0.160. The molecule has 0 saturated carbocycles. The summed E-state index contributed by atoms with van der Waals surface area (Å²) in [6.07, 6.45) is 0. The van der Waals surface area contributed by atoms with Gasteiger partial charge in [0.2, 0.25) is 0 Å². The van der Waals surface area contributed by atoms with E-state index < -0.39 is 0 Å². The maximum Gasteiger partial charge on any atom is 0.0752 e. The molecule has 4 heteroatoms. The van der Waals surface area contributed by atoms with Crippen LogP contribution in [0.5, 0.6) is 0 Å². The van der Waals surface area contributed by atoms with Crippen molar-refractivity contribution >= 4 is 64.6 Å². The van der Waals surface area contributed by atoms with Crippen molar-refractivity contribution in [3.63, 3.8) is 0 Å². The van der Waals surface area contributed by atoms with Crippen LogP contribution in [0.3, 0.4) is 0 Å². The monoisotopic (exact) mass is 386 g/mol. The Balaban J connectivity index is 2.15. The molecule has 0 bridgehead atoms. The fourth-order valence-electron chi connectivity index (χ4n) is 1.83. The van der Waals surface area contributed by atoms with Crippen molar-refractivity contribution in [1.29, 1.82) is 0 Å². The predicted molar refractivity (Wildman–Crippen MR) is 84.6 cm³/mol. The molecule has 17 heavy (non-hydrogen) atoms. The SMILES string of the molecule is Brc1cccc2c(C(Br)c3cccs3)csc12. The Labute approximate surface area is 125 Å². The third kappa shape index (κ3) is 2.12. The summed E-state index contributed by atoms with van der Waals surface area (Å²) in [5.74, 6) is 0. The Morgan fingerprint density at radius 2 is 1.94 bits per heavy atom. The van der Waals surface area contributed by atoms with Gasteiger partial charge in [0, 0.05) is 14.0 Å². The maximum absolute atomic E-state index is 3.80. The van der Waals surface area contributed by atoms with Crippen LogP contribution < -0.4 is 0 Å². The van der Waals surface area contributed by atoms with Crippen LogP contribution in [0.25, 0.3) is 10.1 Å². The molecule has 2 aromatic heterocycles. The van der Waals surface area contributed by atoms with Gasteiger partial charge in [-0.3, -0.25) is 0 Å². The van der Waals surface area contributed by atoms with Gasteiger partial charge in [0.25, 0.3) is 0 Å². The third-order valence-electron chi connectivity index (χ3n) is 2.65. The standard InChI is InChI=1S/C13H8Br2S2/c14-10-4-1-3-8-9(7-17-13(8)10)12(15)11-5-2-6-16-11/h1-7,12H. The molecule has 3 aromatic rings. The van der Waals surface area contributed by atoms with E-state index in [4.69, 9.17) is 0 Å². The number of thiophene rings is 2. The minimum atomic E-state index is 0.297. The zero-order valence-electron chi connectivity index (χ0n) is 8.69. The van der Waals surface area contributed by atoms with Crippen molar-refractivity contribution in [2.45, 2.75) is 4.83 Å². The normalized spacial score (nSPS) is 13.1. The van der Waals surface area contributed by atoms with Crippen molar-refractivity contribution in [2.24, 2.45) is 0 Å². The molecule has 1 atom stereocenters. The summed E-state index contributed by atoms with van der Waals surface area (Å²) in [6.45, 7) is 0. The van der Waals surface area contributed by atoms with E-state index in [0.29, 0.717) is 4.83 Å². The Morgan fingerprint density at radius 1 is 1.06 bits per heavy atom. The van der Waals surface area contributed by atoms with E-state index in [0.717, 1.165) is 0 Å². The molecular formula is C13H8Br2S2. The molecule has 3 rings (SSSR count). The zero-order valence-corrected chi connectivity index (χ0v) is 13.5. The fourth-order valence-corrected chi connectivity index (χ4v) is 5.22. The summed E-state index contributed by atoms with van der Waals surface area (Å²) in [5.41, 5.74) is 1.36. The zero-order chi connectivity index (χ0) is 11.8. The van der Waals surface area contributed by atoms with E-state index in [-0.39, 0.29) is 0 Å².